The van der Waals surface area contributed by atoms with Crippen molar-refractivity contribution in [2.75, 3.05) is 33.4 Å². The van der Waals surface area contributed by atoms with Gasteiger partial charge in [0, 0.05) is 37.3 Å². The van der Waals surface area contributed by atoms with Crippen molar-refractivity contribution in [1.29, 1.82) is 0 Å². The van der Waals surface area contributed by atoms with Gasteiger partial charge in [-0.15, -0.1) is 0 Å². The van der Waals surface area contributed by atoms with Crippen LogP contribution in [0.4, 0.5) is 5.69 Å². The number of hydrogen-bond acceptors (Lipinski definition) is 5. The number of nitrogens with zero attached hydrogens (tertiary/aromatic N) is 2. The van der Waals surface area contributed by atoms with Crippen molar-refractivity contribution in [2.24, 2.45) is 0 Å². The number of likely N-dealkylation sites (tertiary alicyclic amines) is 1. The Morgan fingerprint density at radius 1 is 1.57 bits per heavy atom. The number of amides is 1. The Hall–Kier alpha value is -1.70. The van der Waals surface area contributed by atoms with Gasteiger partial charge in [0.05, 0.1) is 11.5 Å². The largest absolute Gasteiger partial charge is 0.383 e. The number of benzene rings is 1. The molecule has 7 nitrogen and oxygen atoms in total. The minimum Gasteiger partial charge on any atom is -0.383 e. The number of rotatable bonds is 7. The highest BCUT2D eigenvalue weighted by Crippen LogP contribution is 2.23. The molecule has 0 unspecified atom stereocenters. The van der Waals surface area contributed by atoms with Crippen LogP contribution in [0.15, 0.2) is 18.2 Å². The van der Waals surface area contributed by atoms with Crippen molar-refractivity contribution in [3.63, 3.8) is 0 Å². The third-order valence-electron chi connectivity index (χ3n) is 3.98. The zero-order valence-corrected chi connectivity index (χ0v) is 13.7. The van der Waals surface area contributed by atoms with Gasteiger partial charge < -0.3 is 10.1 Å². The topological polar surface area (TPSA) is 84.7 Å². The molecule has 1 atom stereocenters. The number of halogens is 1. The summed E-state index contributed by atoms with van der Waals surface area (Å²) < 4.78 is 5.08. The molecule has 1 aliphatic heterocycles. The SMILES string of the molecule is COCCN1CCC[C@@H]1CNC(=O)c1cc(Cl)ccc1[N+](=O)[O-]. The summed E-state index contributed by atoms with van der Waals surface area (Å²) in [5.41, 5.74) is -0.251. The predicted octanol–water partition coefficient (Wildman–Crippen LogP) is 2.09. The molecule has 0 spiro atoms. The van der Waals surface area contributed by atoms with E-state index in [4.69, 9.17) is 16.3 Å². The fourth-order valence-electron chi connectivity index (χ4n) is 2.78. The number of nitro groups is 1. The van der Waals surface area contributed by atoms with Crippen LogP contribution in [0.1, 0.15) is 23.2 Å². The second-order valence-corrected chi connectivity index (χ2v) is 5.89. The molecule has 1 saturated heterocycles. The Labute approximate surface area is 139 Å². The molecule has 0 bridgehead atoms. The van der Waals surface area contributed by atoms with Gasteiger partial charge in [-0.1, -0.05) is 11.6 Å². The van der Waals surface area contributed by atoms with Gasteiger partial charge >= 0.3 is 0 Å². The van der Waals surface area contributed by atoms with Crippen LogP contribution in [-0.4, -0.2) is 55.1 Å². The molecule has 0 aromatic heterocycles. The van der Waals surface area contributed by atoms with Crippen LogP contribution < -0.4 is 5.32 Å². The lowest BCUT2D eigenvalue weighted by Gasteiger charge is -2.24. The summed E-state index contributed by atoms with van der Waals surface area (Å²) in [6, 6.07) is 4.21. The molecule has 1 amide bonds. The molecule has 0 saturated carbocycles. The van der Waals surface area contributed by atoms with Crippen molar-refractivity contribution >= 4 is 23.2 Å². The number of hydrogen-bond donors (Lipinski definition) is 1. The van der Waals surface area contributed by atoms with Crippen LogP contribution in [0.2, 0.25) is 5.02 Å². The van der Waals surface area contributed by atoms with E-state index < -0.39 is 10.8 Å². The lowest BCUT2D eigenvalue weighted by atomic mass is 10.1. The van der Waals surface area contributed by atoms with Crippen LogP contribution >= 0.6 is 11.6 Å². The molecule has 0 aliphatic carbocycles. The van der Waals surface area contributed by atoms with Crippen LogP contribution in [0.5, 0.6) is 0 Å². The molecule has 1 aliphatic rings. The van der Waals surface area contributed by atoms with Crippen molar-refractivity contribution in [2.45, 2.75) is 18.9 Å². The van der Waals surface area contributed by atoms with Gasteiger partial charge in [-0.05, 0) is 31.5 Å². The maximum absolute atomic E-state index is 12.3. The molecular formula is C15H20ClN3O4. The van der Waals surface area contributed by atoms with Crippen LogP contribution in [0.3, 0.4) is 0 Å². The Kier molecular flexibility index (Phi) is 6.32. The van der Waals surface area contributed by atoms with E-state index in [2.05, 4.69) is 10.2 Å². The first-order chi connectivity index (χ1) is 11.0. The number of methoxy groups -OCH3 is 1. The Bertz CT molecular complexity index is 582. The van der Waals surface area contributed by atoms with Gasteiger partial charge in [-0.3, -0.25) is 19.8 Å². The van der Waals surface area contributed by atoms with Crippen molar-refractivity contribution in [3.8, 4) is 0 Å². The van der Waals surface area contributed by atoms with E-state index >= 15 is 0 Å². The Morgan fingerprint density at radius 3 is 3.04 bits per heavy atom. The van der Waals surface area contributed by atoms with Gasteiger partial charge in [-0.2, -0.15) is 0 Å². The number of ether oxygens (including phenoxy) is 1. The summed E-state index contributed by atoms with van der Waals surface area (Å²) in [4.78, 5) is 25.0. The van der Waals surface area contributed by atoms with E-state index in [9.17, 15) is 14.9 Å². The zero-order chi connectivity index (χ0) is 16.8. The minimum atomic E-state index is -0.578. The first kappa shape index (κ1) is 17.7. The molecule has 23 heavy (non-hydrogen) atoms. The first-order valence-electron chi connectivity index (χ1n) is 7.48. The molecule has 1 aromatic carbocycles. The highest BCUT2D eigenvalue weighted by Gasteiger charge is 2.26. The maximum Gasteiger partial charge on any atom is 0.282 e. The third-order valence-corrected chi connectivity index (χ3v) is 4.21. The van der Waals surface area contributed by atoms with Gasteiger partial charge in [0.25, 0.3) is 11.6 Å². The Morgan fingerprint density at radius 2 is 2.35 bits per heavy atom. The Balaban J connectivity index is 1.99. The predicted molar refractivity (Wildman–Crippen MR) is 86.9 cm³/mol. The van der Waals surface area contributed by atoms with E-state index in [-0.39, 0.29) is 17.3 Å². The first-order valence-corrected chi connectivity index (χ1v) is 7.86. The van der Waals surface area contributed by atoms with E-state index in [0.717, 1.165) is 25.9 Å². The molecular weight excluding hydrogens is 322 g/mol. The van der Waals surface area contributed by atoms with E-state index in [1.807, 2.05) is 0 Å². The second-order valence-electron chi connectivity index (χ2n) is 5.45. The smallest absolute Gasteiger partial charge is 0.282 e. The standard InChI is InChI=1S/C15H20ClN3O4/c1-23-8-7-18-6-2-3-12(18)10-17-15(20)13-9-11(16)4-5-14(13)19(21)22/h4-5,9,12H,2-3,6-8,10H2,1H3,(H,17,20)/t12-/m1/s1. The zero-order valence-electron chi connectivity index (χ0n) is 13.0. The van der Waals surface area contributed by atoms with Crippen molar-refractivity contribution in [1.82, 2.24) is 10.2 Å². The van der Waals surface area contributed by atoms with E-state index in [1.54, 1.807) is 7.11 Å². The quantitative estimate of drug-likeness (QED) is 0.606. The third kappa shape index (κ3) is 4.63. The van der Waals surface area contributed by atoms with Crippen LogP contribution in [-0.2, 0) is 4.74 Å². The molecule has 1 heterocycles. The monoisotopic (exact) mass is 341 g/mol. The highest BCUT2D eigenvalue weighted by molar-refractivity contribution is 6.31. The second kappa shape index (κ2) is 8.24. The minimum absolute atomic E-state index is 0.0102. The average Bonchev–Trinajstić information content (AvgIpc) is 2.97. The summed E-state index contributed by atoms with van der Waals surface area (Å²) in [6.07, 6.45) is 2.06. The molecule has 2 rings (SSSR count). The van der Waals surface area contributed by atoms with Gasteiger partial charge in [-0.25, -0.2) is 0 Å². The lowest BCUT2D eigenvalue weighted by Crippen LogP contribution is -2.41. The highest BCUT2D eigenvalue weighted by atomic mass is 35.5. The van der Waals surface area contributed by atoms with E-state index in [0.29, 0.717) is 18.2 Å². The van der Waals surface area contributed by atoms with Crippen LogP contribution in [0, 0.1) is 10.1 Å². The van der Waals surface area contributed by atoms with Gasteiger partial charge in [0.2, 0.25) is 0 Å². The summed E-state index contributed by atoms with van der Waals surface area (Å²) in [6.45, 7) is 2.88. The van der Waals surface area contributed by atoms with Gasteiger partial charge in [0.1, 0.15) is 5.56 Å². The van der Waals surface area contributed by atoms with Gasteiger partial charge in [0.15, 0.2) is 0 Å². The molecule has 126 valence electrons. The number of carbonyl (C=O) groups is 1. The summed E-state index contributed by atoms with van der Waals surface area (Å²) in [5, 5.41) is 14.1. The number of carbonyl (C=O) groups excluding carboxylic acids is 1. The number of nitro benzene ring substituents is 1. The van der Waals surface area contributed by atoms with Crippen molar-refractivity contribution < 1.29 is 14.5 Å². The molecule has 0 radical (unpaired) electrons. The average molecular weight is 342 g/mol. The fourth-order valence-corrected chi connectivity index (χ4v) is 2.96. The molecule has 1 aromatic rings. The normalized spacial score (nSPS) is 18.1. The lowest BCUT2D eigenvalue weighted by molar-refractivity contribution is -0.385. The molecule has 1 N–H and O–H groups in total. The molecule has 8 heteroatoms. The van der Waals surface area contributed by atoms with E-state index in [1.165, 1.54) is 18.2 Å². The summed E-state index contributed by atoms with van der Waals surface area (Å²) in [5.74, 6) is -0.474. The maximum atomic E-state index is 12.3. The van der Waals surface area contributed by atoms with Crippen LogP contribution in [0.25, 0.3) is 0 Å². The van der Waals surface area contributed by atoms with Crippen molar-refractivity contribution in [3.05, 3.63) is 38.9 Å². The fraction of sp³-hybridized carbons (Fsp3) is 0.533. The molecule has 1 fully saturated rings. The summed E-state index contributed by atoms with van der Waals surface area (Å²) >= 11 is 5.85. The number of nitrogens with one attached hydrogen (secondary N) is 1. The summed E-state index contributed by atoms with van der Waals surface area (Å²) in [7, 11) is 1.66.